The van der Waals surface area contributed by atoms with E-state index >= 15 is 0 Å². The monoisotopic (exact) mass is 288 g/mol. The molecule has 0 bridgehead atoms. The molecule has 2 aliphatic rings. The number of hydrogen-bond donors (Lipinski definition) is 2. The topological polar surface area (TPSA) is 55.1 Å². The van der Waals surface area contributed by atoms with Crippen LogP contribution in [0.3, 0.4) is 0 Å². The lowest BCUT2D eigenvalue weighted by atomic mass is 9.86. The summed E-state index contributed by atoms with van der Waals surface area (Å²) in [5.74, 6) is 1.76. The van der Waals surface area contributed by atoms with Crippen LogP contribution < -0.4 is 11.1 Å². The fourth-order valence-corrected chi connectivity index (χ4v) is 3.04. The normalized spacial score (nSPS) is 21.5. The van der Waals surface area contributed by atoms with Crippen molar-refractivity contribution in [3.8, 4) is 0 Å². The number of rotatable bonds is 7. The van der Waals surface area contributed by atoms with Crippen molar-refractivity contribution >= 4 is 18.3 Å². The van der Waals surface area contributed by atoms with Gasteiger partial charge in [-0.05, 0) is 37.5 Å². The maximum Gasteiger partial charge on any atom is 0.220 e. The number of halogens is 1. The summed E-state index contributed by atoms with van der Waals surface area (Å²) < 4.78 is 0. The van der Waals surface area contributed by atoms with Crippen LogP contribution in [0.25, 0.3) is 0 Å². The molecule has 3 N–H and O–H groups in total. The predicted molar refractivity (Wildman–Crippen MR) is 81.4 cm³/mol. The second-order valence-electron chi connectivity index (χ2n) is 6.20. The molecule has 2 aliphatic carbocycles. The van der Waals surface area contributed by atoms with Crippen molar-refractivity contribution in [1.82, 2.24) is 5.32 Å². The summed E-state index contributed by atoms with van der Waals surface area (Å²) in [6.45, 7) is 0.674. The number of carbonyl (C=O) groups excluding carboxylic acids is 1. The quantitative estimate of drug-likeness (QED) is 0.757. The first-order chi connectivity index (χ1) is 8.75. The van der Waals surface area contributed by atoms with Gasteiger partial charge < -0.3 is 11.1 Å². The van der Waals surface area contributed by atoms with E-state index in [1.807, 2.05) is 0 Å². The minimum absolute atomic E-state index is 0. The Morgan fingerprint density at radius 1 is 1.16 bits per heavy atom. The Morgan fingerprint density at radius 3 is 2.47 bits per heavy atom. The first-order valence-electron chi connectivity index (χ1n) is 7.78. The third-order valence-electron chi connectivity index (χ3n) is 4.50. The molecule has 1 atom stereocenters. The molecule has 2 fully saturated rings. The summed E-state index contributed by atoms with van der Waals surface area (Å²) in [5, 5.41) is 2.98. The summed E-state index contributed by atoms with van der Waals surface area (Å²) >= 11 is 0. The van der Waals surface area contributed by atoms with E-state index in [1.165, 1.54) is 51.4 Å². The Bertz CT molecular complexity index is 263. The van der Waals surface area contributed by atoms with E-state index in [2.05, 4.69) is 5.32 Å². The average Bonchev–Trinajstić information content (AvgIpc) is 3.21. The Labute approximate surface area is 123 Å². The summed E-state index contributed by atoms with van der Waals surface area (Å²) in [5.41, 5.74) is 5.96. The van der Waals surface area contributed by atoms with Gasteiger partial charge in [-0.25, -0.2) is 0 Å². The van der Waals surface area contributed by atoms with Gasteiger partial charge in [0.2, 0.25) is 5.91 Å². The van der Waals surface area contributed by atoms with Crippen molar-refractivity contribution < 1.29 is 4.79 Å². The molecule has 0 heterocycles. The molecule has 4 heteroatoms. The van der Waals surface area contributed by atoms with Crippen LogP contribution in [0.4, 0.5) is 0 Å². The van der Waals surface area contributed by atoms with Crippen LogP contribution in [-0.2, 0) is 4.79 Å². The first-order valence-corrected chi connectivity index (χ1v) is 7.78. The van der Waals surface area contributed by atoms with E-state index in [9.17, 15) is 4.79 Å². The zero-order valence-corrected chi connectivity index (χ0v) is 12.7. The molecule has 0 saturated heterocycles. The van der Waals surface area contributed by atoms with Crippen molar-refractivity contribution in [1.29, 1.82) is 0 Å². The van der Waals surface area contributed by atoms with Gasteiger partial charge in [0.1, 0.15) is 0 Å². The standard InChI is InChI=1S/C15H28N2O.ClH/c16-14(13-9-10-13)11-17-15(18)8-4-7-12-5-2-1-3-6-12;/h12-14H,1-11,16H2,(H,17,18);1H. The number of amides is 1. The lowest BCUT2D eigenvalue weighted by Crippen LogP contribution is -2.38. The third kappa shape index (κ3) is 6.62. The van der Waals surface area contributed by atoms with Gasteiger partial charge in [0.25, 0.3) is 0 Å². The van der Waals surface area contributed by atoms with Crippen molar-refractivity contribution in [3.05, 3.63) is 0 Å². The van der Waals surface area contributed by atoms with Gasteiger partial charge in [0.05, 0.1) is 0 Å². The summed E-state index contributed by atoms with van der Waals surface area (Å²) in [4.78, 5) is 11.7. The minimum Gasteiger partial charge on any atom is -0.355 e. The Kier molecular flexibility index (Phi) is 7.77. The second-order valence-corrected chi connectivity index (χ2v) is 6.20. The van der Waals surface area contributed by atoms with E-state index in [-0.39, 0.29) is 24.4 Å². The second kappa shape index (κ2) is 8.80. The van der Waals surface area contributed by atoms with Crippen LogP contribution in [0.2, 0.25) is 0 Å². The molecular formula is C15H29ClN2O. The van der Waals surface area contributed by atoms with Gasteiger partial charge in [-0.3, -0.25) is 4.79 Å². The summed E-state index contributed by atoms with van der Waals surface area (Å²) in [7, 11) is 0. The zero-order chi connectivity index (χ0) is 12.8. The fourth-order valence-electron chi connectivity index (χ4n) is 3.04. The molecule has 1 amide bonds. The van der Waals surface area contributed by atoms with Gasteiger partial charge in [-0.2, -0.15) is 0 Å². The molecule has 0 aliphatic heterocycles. The molecule has 0 aromatic carbocycles. The van der Waals surface area contributed by atoms with Crippen LogP contribution >= 0.6 is 12.4 Å². The molecule has 2 rings (SSSR count). The molecule has 2 saturated carbocycles. The van der Waals surface area contributed by atoms with Gasteiger partial charge >= 0.3 is 0 Å². The fraction of sp³-hybridized carbons (Fsp3) is 0.933. The molecule has 112 valence electrons. The van der Waals surface area contributed by atoms with Gasteiger partial charge in [0.15, 0.2) is 0 Å². The molecule has 19 heavy (non-hydrogen) atoms. The van der Waals surface area contributed by atoms with E-state index < -0.39 is 0 Å². The molecule has 0 aromatic rings. The third-order valence-corrected chi connectivity index (χ3v) is 4.50. The molecule has 0 aromatic heterocycles. The number of carbonyl (C=O) groups is 1. The first kappa shape index (κ1) is 16.8. The SMILES string of the molecule is Cl.NC(CNC(=O)CCCC1CCCCC1)C1CC1. The van der Waals surface area contributed by atoms with Crippen LogP contribution in [0, 0.1) is 11.8 Å². The zero-order valence-electron chi connectivity index (χ0n) is 11.9. The summed E-state index contributed by atoms with van der Waals surface area (Å²) in [6, 6.07) is 0.187. The highest BCUT2D eigenvalue weighted by atomic mass is 35.5. The van der Waals surface area contributed by atoms with Crippen LogP contribution in [0.1, 0.15) is 64.2 Å². The smallest absolute Gasteiger partial charge is 0.220 e. The Balaban J connectivity index is 0.00000180. The van der Waals surface area contributed by atoms with Crippen LogP contribution in [0.5, 0.6) is 0 Å². The van der Waals surface area contributed by atoms with E-state index in [0.717, 1.165) is 12.3 Å². The number of nitrogens with two attached hydrogens (primary N) is 1. The highest BCUT2D eigenvalue weighted by molar-refractivity contribution is 5.85. The highest BCUT2D eigenvalue weighted by Crippen LogP contribution is 2.31. The largest absolute Gasteiger partial charge is 0.355 e. The maximum absolute atomic E-state index is 11.7. The van der Waals surface area contributed by atoms with E-state index in [1.54, 1.807) is 0 Å². The van der Waals surface area contributed by atoms with Crippen LogP contribution in [-0.4, -0.2) is 18.5 Å². The average molecular weight is 289 g/mol. The van der Waals surface area contributed by atoms with Crippen molar-refractivity contribution in [2.75, 3.05) is 6.54 Å². The predicted octanol–water partition coefficient (Wildman–Crippen LogP) is 3.01. The van der Waals surface area contributed by atoms with E-state index in [4.69, 9.17) is 5.73 Å². The lowest BCUT2D eigenvalue weighted by molar-refractivity contribution is -0.121. The molecule has 1 unspecified atom stereocenters. The minimum atomic E-state index is 0. The molecular weight excluding hydrogens is 260 g/mol. The van der Waals surface area contributed by atoms with Crippen LogP contribution in [0.15, 0.2) is 0 Å². The highest BCUT2D eigenvalue weighted by Gasteiger charge is 2.28. The molecule has 3 nitrogen and oxygen atoms in total. The number of hydrogen-bond acceptors (Lipinski definition) is 2. The van der Waals surface area contributed by atoms with Crippen molar-refractivity contribution in [2.45, 2.75) is 70.3 Å². The summed E-state index contributed by atoms with van der Waals surface area (Å²) in [6.07, 6.45) is 12.4. The van der Waals surface area contributed by atoms with Gasteiger partial charge in [-0.15, -0.1) is 12.4 Å². The Hall–Kier alpha value is -0.280. The maximum atomic E-state index is 11.7. The lowest BCUT2D eigenvalue weighted by Gasteiger charge is -2.21. The van der Waals surface area contributed by atoms with Gasteiger partial charge in [0, 0.05) is 19.0 Å². The molecule has 0 spiro atoms. The van der Waals surface area contributed by atoms with Crippen molar-refractivity contribution in [3.63, 3.8) is 0 Å². The Morgan fingerprint density at radius 2 is 1.84 bits per heavy atom. The number of nitrogens with one attached hydrogen (secondary N) is 1. The van der Waals surface area contributed by atoms with Gasteiger partial charge in [-0.1, -0.05) is 32.1 Å². The van der Waals surface area contributed by atoms with Crippen molar-refractivity contribution in [2.24, 2.45) is 17.6 Å². The molecule has 0 radical (unpaired) electrons. The van der Waals surface area contributed by atoms with E-state index in [0.29, 0.717) is 18.9 Å².